The topological polar surface area (TPSA) is 76.2 Å². The van der Waals surface area contributed by atoms with Gasteiger partial charge in [0.05, 0.1) is 7.11 Å². The molecule has 0 spiro atoms. The van der Waals surface area contributed by atoms with E-state index in [4.69, 9.17) is 9.47 Å². The molecule has 188 valence electrons. The molecule has 1 aliphatic carbocycles. The number of carbonyl (C=O) groups is 3. The zero-order valence-electron chi connectivity index (χ0n) is 20.7. The lowest BCUT2D eigenvalue weighted by Gasteiger charge is -2.36. The fourth-order valence-corrected chi connectivity index (χ4v) is 5.47. The Morgan fingerprint density at radius 3 is 2.28 bits per heavy atom. The van der Waals surface area contributed by atoms with E-state index in [0.29, 0.717) is 19.4 Å². The third-order valence-corrected chi connectivity index (χ3v) is 7.11. The zero-order chi connectivity index (χ0) is 25.7. The summed E-state index contributed by atoms with van der Waals surface area (Å²) in [5.74, 6) is -0.888. The van der Waals surface area contributed by atoms with Crippen molar-refractivity contribution < 1.29 is 23.9 Å². The highest BCUT2D eigenvalue weighted by Crippen LogP contribution is 2.44. The van der Waals surface area contributed by atoms with Crippen LogP contribution in [0.1, 0.15) is 36.3 Å². The molecule has 2 aromatic carbocycles. The number of fused-ring (bicyclic) bond motifs is 3. The van der Waals surface area contributed by atoms with Crippen molar-refractivity contribution in [3.8, 4) is 11.1 Å². The molecular formula is C29H32N2O5. The molecule has 7 heteroatoms. The van der Waals surface area contributed by atoms with Crippen LogP contribution in [-0.2, 0) is 19.1 Å². The molecule has 0 bridgehead atoms. The van der Waals surface area contributed by atoms with Crippen molar-refractivity contribution in [2.75, 3.05) is 33.4 Å². The highest BCUT2D eigenvalue weighted by Gasteiger charge is 2.50. The van der Waals surface area contributed by atoms with Gasteiger partial charge in [-0.1, -0.05) is 60.7 Å². The molecule has 1 atom stereocenters. The number of methoxy groups -OCH3 is 1. The molecule has 36 heavy (non-hydrogen) atoms. The number of hydrogen-bond donors (Lipinski definition) is 0. The summed E-state index contributed by atoms with van der Waals surface area (Å²) < 4.78 is 10.8. The number of carbonyl (C=O) groups excluding carboxylic acids is 3. The molecule has 0 radical (unpaired) electrons. The fraction of sp³-hybridized carbons (Fsp3) is 0.345. The summed E-state index contributed by atoms with van der Waals surface area (Å²) in [6.07, 6.45) is 4.02. The molecule has 4 rings (SSSR count). The second kappa shape index (κ2) is 10.8. The molecule has 1 heterocycles. The van der Waals surface area contributed by atoms with E-state index < -0.39 is 17.6 Å². The Morgan fingerprint density at radius 2 is 1.69 bits per heavy atom. The minimum atomic E-state index is -1.09. The van der Waals surface area contributed by atoms with Gasteiger partial charge in [-0.15, -0.1) is 13.2 Å². The van der Waals surface area contributed by atoms with Crippen LogP contribution in [0.3, 0.4) is 0 Å². The Hall–Kier alpha value is -3.87. The van der Waals surface area contributed by atoms with Crippen molar-refractivity contribution in [2.24, 2.45) is 0 Å². The lowest BCUT2D eigenvalue weighted by Crippen LogP contribution is -2.56. The van der Waals surface area contributed by atoms with Crippen molar-refractivity contribution in [3.63, 3.8) is 0 Å². The molecule has 0 N–H and O–H groups in total. The van der Waals surface area contributed by atoms with Gasteiger partial charge in [0.25, 0.3) is 0 Å². The lowest BCUT2D eigenvalue weighted by atomic mass is 9.92. The zero-order valence-corrected chi connectivity index (χ0v) is 20.7. The average molecular weight is 489 g/mol. The van der Waals surface area contributed by atoms with Crippen LogP contribution in [0, 0.1) is 0 Å². The number of esters is 1. The Morgan fingerprint density at radius 1 is 1.06 bits per heavy atom. The summed E-state index contributed by atoms with van der Waals surface area (Å²) >= 11 is 0. The number of ether oxygens (including phenoxy) is 2. The van der Waals surface area contributed by atoms with E-state index in [0.717, 1.165) is 22.3 Å². The van der Waals surface area contributed by atoms with Crippen LogP contribution in [0.15, 0.2) is 73.8 Å². The van der Waals surface area contributed by atoms with Crippen LogP contribution < -0.4 is 0 Å². The van der Waals surface area contributed by atoms with Gasteiger partial charge in [0.15, 0.2) is 0 Å². The van der Waals surface area contributed by atoms with Crippen LogP contribution in [0.4, 0.5) is 4.79 Å². The summed E-state index contributed by atoms with van der Waals surface area (Å²) in [7, 11) is 1.31. The van der Waals surface area contributed by atoms with Crippen LogP contribution in [0.2, 0.25) is 0 Å². The quantitative estimate of drug-likeness (QED) is 0.383. The first-order chi connectivity index (χ1) is 17.5. The van der Waals surface area contributed by atoms with Gasteiger partial charge >= 0.3 is 12.1 Å². The maximum absolute atomic E-state index is 13.3. The Kier molecular flexibility index (Phi) is 7.58. The minimum Gasteiger partial charge on any atom is -0.467 e. The van der Waals surface area contributed by atoms with Gasteiger partial charge in [-0.05, 0) is 41.5 Å². The molecule has 0 unspecified atom stereocenters. The van der Waals surface area contributed by atoms with E-state index in [2.05, 4.69) is 37.4 Å². The maximum atomic E-state index is 13.3. The van der Waals surface area contributed by atoms with Gasteiger partial charge in [0.1, 0.15) is 18.7 Å². The van der Waals surface area contributed by atoms with Gasteiger partial charge in [-0.2, -0.15) is 0 Å². The summed E-state index contributed by atoms with van der Waals surface area (Å²) in [4.78, 5) is 41.9. The summed E-state index contributed by atoms with van der Waals surface area (Å²) in [5, 5.41) is 0. The first-order valence-corrected chi connectivity index (χ1v) is 12.2. The Balaban J connectivity index is 1.48. The summed E-state index contributed by atoms with van der Waals surface area (Å²) in [6.45, 7) is 7.95. The van der Waals surface area contributed by atoms with E-state index in [1.165, 1.54) is 16.9 Å². The molecule has 1 saturated heterocycles. The van der Waals surface area contributed by atoms with Gasteiger partial charge in [0, 0.05) is 19.0 Å². The first kappa shape index (κ1) is 25.2. The van der Waals surface area contributed by atoms with E-state index in [1.807, 2.05) is 24.3 Å². The number of nitrogens with zero attached hydrogens (tertiary/aromatic N) is 2. The highest BCUT2D eigenvalue weighted by molar-refractivity contribution is 5.91. The molecule has 7 nitrogen and oxygen atoms in total. The molecule has 0 aromatic heterocycles. The number of hydrogen-bond acceptors (Lipinski definition) is 5. The normalized spacial score (nSPS) is 18.2. The number of amides is 2. The van der Waals surface area contributed by atoms with Crippen LogP contribution >= 0.6 is 0 Å². The van der Waals surface area contributed by atoms with Crippen LogP contribution in [0.25, 0.3) is 11.1 Å². The summed E-state index contributed by atoms with van der Waals surface area (Å²) in [6, 6.07) is 16.2. The Bertz CT molecular complexity index is 1130. The predicted molar refractivity (Wildman–Crippen MR) is 137 cm³/mol. The van der Waals surface area contributed by atoms with E-state index in [1.54, 1.807) is 12.2 Å². The Labute approximate surface area is 212 Å². The molecular weight excluding hydrogens is 456 g/mol. The first-order valence-electron chi connectivity index (χ1n) is 12.2. The number of likely N-dealkylation sites (tertiary alicyclic amines) is 1. The highest BCUT2D eigenvalue weighted by atomic mass is 16.6. The molecule has 1 fully saturated rings. The summed E-state index contributed by atoms with van der Waals surface area (Å²) in [5.41, 5.74) is 3.42. The fourth-order valence-electron chi connectivity index (χ4n) is 5.47. The van der Waals surface area contributed by atoms with Crippen molar-refractivity contribution in [3.05, 3.63) is 85.0 Å². The number of rotatable bonds is 9. The van der Waals surface area contributed by atoms with E-state index in [-0.39, 0.29) is 37.9 Å². The smallest absolute Gasteiger partial charge is 0.410 e. The van der Waals surface area contributed by atoms with Crippen molar-refractivity contribution in [2.45, 2.75) is 30.7 Å². The van der Waals surface area contributed by atoms with Gasteiger partial charge in [0.2, 0.25) is 5.91 Å². The molecule has 2 amide bonds. The van der Waals surface area contributed by atoms with Crippen molar-refractivity contribution in [1.29, 1.82) is 0 Å². The van der Waals surface area contributed by atoms with Crippen LogP contribution in [0.5, 0.6) is 0 Å². The largest absolute Gasteiger partial charge is 0.467 e. The average Bonchev–Trinajstić information content (AvgIpc) is 3.47. The SMILES string of the molecule is C=CCN(CC(=O)N1CCC[C@@]1(CC=C)C(=O)OC)C(=O)OCC1c2ccccc2-c2ccccc21. The van der Waals surface area contributed by atoms with Crippen molar-refractivity contribution >= 4 is 18.0 Å². The third-order valence-electron chi connectivity index (χ3n) is 7.11. The van der Waals surface area contributed by atoms with Gasteiger partial charge < -0.3 is 14.4 Å². The minimum absolute atomic E-state index is 0.0826. The molecule has 2 aromatic rings. The number of benzene rings is 2. The van der Waals surface area contributed by atoms with E-state index >= 15 is 0 Å². The van der Waals surface area contributed by atoms with Gasteiger partial charge in [-0.3, -0.25) is 9.69 Å². The monoisotopic (exact) mass is 488 g/mol. The lowest BCUT2D eigenvalue weighted by molar-refractivity contribution is -0.159. The van der Waals surface area contributed by atoms with Crippen molar-refractivity contribution in [1.82, 2.24) is 9.80 Å². The maximum Gasteiger partial charge on any atom is 0.410 e. The molecule has 2 aliphatic rings. The van der Waals surface area contributed by atoms with Crippen LogP contribution in [-0.4, -0.2) is 66.7 Å². The second-order valence-electron chi connectivity index (χ2n) is 9.14. The van der Waals surface area contributed by atoms with Gasteiger partial charge in [-0.25, -0.2) is 9.59 Å². The molecule has 1 aliphatic heterocycles. The van der Waals surface area contributed by atoms with E-state index in [9.17, 15) is 14.4 Å². The molecule has 0 saturated carbocycles. The third kappa shape index (κ3) is 4.53. The second-order valence-corrected chi connectivity index (χ2v) is 9.14. The standard InChI is InChI=1S/C29H32N2O5/c1-4-15-29(27(33)35-3)16-10-18-31(29)26(32)19-30(17-5-2)28(34)36-20-25-23-13-8-6-11-21(23)22-12-7-9-14-24(22)25/h4-9,11-14,25H,1-2,10,15-20H2,3H3/t29-/m0/s1. The predicted octanol–water partition coefficient (Wildman–Crippen LogP) is 4.53.